The Kier molecular flexibility index (Phi) is 4.79. The van der Waals surface area contributed by atoms with Gasteiger partial charge in [-0.25, -0.2) is 4.68 Å². The van der Waals surface area contributed by atoms with Crippen LogP contribution in [0.25, 0.3) is 5.69 Å². The first-order valence-electron chi connectivity index (χ1n) is 8.48. The topological polar surface area (TPSA) is 55.2 Å². The fraction of sp³-hybridized carbons (Fsp3) is 0.421. The Labute approximate surface area is 141 Å². The smallest absolute Gasteiger partial charge is 0.278 e. The van der Waals surface area contributed by atoms with Crippen molar-refractivity contribution in [2.45, 2.75) is 32.6 Å². The van der Waals surface area contributed by atoms with E-state index in [2.05, 4.69) is 5.10 Å². The average Bonchev–Trinajstić information content (AvgIpc) is 3.08. The summed E-state index contributed by atoms with van der Waals surface area (Å²) in [5.41, 5.74) is 1.22. The monoisotopic (exact) mass is 325 g/mol. The Morgan fingerprint density at radius 3 is 2.58 bits per heavy atom. The fourth-order valence-electron chi connectivity index (χ4n) is 3.37. The van der Waals surface area contributed by atoms with Crippen molar-refractivity contribution in [1.29, 1.82) is 0 Å². The maximum atomic E-state index is 12.7. The predicted octanol–water partition coefficient (Wildman–Crippen LogP) is 2.80. The summed E-state index contributed by atoms with van der Waals surface area (Å²) in [6.45, 7) is 2.51. The van der Waals surface area contributed by atoms with Crippen LogP contribution in [0.1, 0.15) is 41.9 Å². The highest BCUT2D eigenvalue weighted by atomic mass is 16.2. The SMILES string of the molecule is Cc1cc(=O)c(C(=O)N(C)CC2CCCC2)nn1-c1ccccc1. The van der Waals surface area contributed by atoms with E-state index in [9.17, 15) is 9.59 Å². The minimum Gasteiger partial charge on any atom is -0.340 e. The molecule has 24 heavy (non-hydrogen) atoms. The van der Waals surface area contributed by atoms with Gasteiger partial charge in [-0.2, -0.15) is 5.10 Å². The molecule has 0 N–H and O–H groups in total. The normalized spacial score (nSPS) is 14.8. The van der Waals surface area contributed by atoms with Gasteiger partial charge in [0.25, 0.3) is 5.91 Å². The van der Waals surface area contributed by atoms with Gasteiger partial charge in [-0.15, -0.1) is 0 Å². The van der Waals surface area contributed by atoms with Crippen LogP contribution in [0.5, 0.6) is 0 Å². The van der Waals surface area contributed by atoms with Crippen LogP contribution in [0.15, 0.2) is 41.2 Å². The Morgan fingerprint density at radius 1 is 1.25 bits per heavy atom. The van der Waals surface area contributed by atoms with Crippen molar-refractivity contribution in [1.82, 2.24) is 14.7 Å². The van der Waals surface area contributed by atoms with Crippen molar-refractivity contribution < 1.29 is 4.79 Å². The molecule has 2 aromatic rings. The van der Waals surface area contributed by atoms with Crippen molar-refractivity contribution in [3.05, 3.63) is 58.0 Å². The summed E-state index contributed by atoms with van der Waals surface area (Å²) in [6, 6.07) is 11.0. The summed E-state index contributed by atoms with van der Waals surface area (Å²) in [5, 5.41) is 4.35. The first kappa shape index (κ1) is 16.4. The lowest BCUT2D eigenvalue weighted by molar-refractivity contribution is 0.0764. The van der Waals surface area contributed by atoms with Crippen LogP contribution >= 0.6 is 0 Å². The minimum atomic E-state index is -0.317. The van der Waals surface area contributed by atoms with Gasteiger partial charge in [-0.05, 0) is 37.8 Å². The van der Waals surface area contributed by atoms with Crippen LogP contribution < -0.4 is 5.43 Å². The number of benzene rings is 1. The molecule has 126 valence electrons. The summed E-state index contributed by atoms with van der Waals surface area (Å²) < 4.78 is 1.65. The minimum absolute atomic E-state index is 0.00931. The number of aromatic nitrogens is 2. The Balaban J connectivity index is 1.89. The molecule has 0 atom stereocenters. The van der Waals surface area contributed by atoms with Crippen LogP contribution in [0.2, 0.25) is 0 Å². The van der Waals surface area contributed by atoms with E-state index in [4.69, 9.17) is 0 Å². The van der Waals surface area contributed by atoms with E-state index in [1.54, 1.807) is 16.6 Å². The summed E-state index contributed by atoms with van der Waals surface area (Å²) in [5.74, 6) is 0.248. The highest BCUT2D eigenvalue weighted by Gasteiger charge is 2.23. The molecule has 0 bridgehead atoms. The molecule has 5 heteroatoms. The number of carbonyl (C=O) groups is 1. The van der Waals surface area contributed by atoms with Gasteiger partial charge in [0.1, 0.15) is 0 Å². The molecular weight excluding hydrogens is 302 g/mol. The average molecular weight is 325 g/mol. The zero-order valence-corrected chi connectivity index (χ0v) is 14.2. The number of hydrogen-bond acceptors (Lipinski definition) is 3. The van der Waals surface area contributed by atoms with Crippen molar-refractivity contribution >= 4 is 5.91 Å². The highest BCUT2D eigenvalue weighted by molar-refractivity contribution is 5.91. The highest BCUT2D eigenvalue weighted by Crippen LogP contribution is 2.25. The van der Waals surface area contributed by atoms with Crippen LogP contribution in [0.4, 0.5) is 0 Å². The maximum absolute atomic E-state index is 12.7. The molecule has 1 aromatic carbocycles. The second kappa shape index (κ2) is 6.99. The van der Waals surface area contributed by atoms with Gasteiger partial charge in [0.2, 0.25) is 5.43 Å². The number of carbonyl (C=O) groups excluding carboxylic acids is 1. The van der Waals surface area contributed by atoms with Crippen molar-refractivity contribution in [2.75, 3.05) is 13.6 Å². The Hall–Kier alpha value is -2.43. The number of nitrogens with zero attached hydrogens (tertiary/aromatic N) is 3. The molecule has 5 nitrogen and oxygen atoms in total. The van der Waals surface area contributed by atoms with Gasteiger partial charge in [0.05, 0.1) is 5.69 Å². The molecule has 1 aromatic heterocycles. The quantitative estimate of drug-likeness (QED) is 0.868. The van der Waals surface area contributed by atoms with Crippen molar-refractivity contribution in [3.63, 3.8) is 0 Å². The summed E-state index contributed by atoms with van der Waals surface area (Å²) in [4.78, 5) is 26.6. The van der Waals surface area contributed by atoms with Gasteiger partial charge < -0.3 is 4.90 Å². The third-order valence-corrected chi connectivity index (χ3v) is 4.66. The summed E-state index contributed by atoms with van der Waals surface area (Å²) >= 11 is 0. The molecule has 1 aliphatic carbocycles. The van der Waals surface area contributed by atoms with Crippen LogP contribution in [0.3, 0.4) is 0 Å². The van der Waals surface area contributed by atoms with Crippen LogP contribution in [-0.2, 0) is 0 Å². The van der Waals surface area contributed by atoms with E-state index in [-0.39, 0.29) is 17.0 Å². The Bertz CT molecular complexity index is 777. The number of aryl methyl sites for hydroxylation is 1. The van der Waals surface area contributed by atoms with Gasteiger partial charge in [-0.1, -0.05) is 31.0 Å². The fourth-order valence-corrected chi connectivity index (χ4v) is 3.37. The van der Waals surface area contributed by atoms with Crippen molar-refractivity contribution in [3.8, 4) is 5.69 Å². The van der Waals surface area contributed by atoms with E-state index < -0.39 is 0 Å². The predicted molar refractivity (Wildman–Crippen MR) is 93.5 cm³/mol. The van der Waals surface area contributed by atoms with E-state index in [1.807, 2.05) is 37.3 Å². The molecule has 1 fully saturated rings. The van der Waals surface area contributed by atoms with Crippen LogP contribution in [-0.4, -0.2) is 34.2 Å². The second-order valence-corrected chi connectivity index (χ2v) is 6.58. The number of rotatable bonds is 4. The Morgan fingerprint density at radius 2 is 1.92 bits per heavy atom. The van der Waals surface area contributed by atoms with Crippen LogP contribution in [0, 0.1) is 12.8 Å². The standard InChI is InChI=1S/C19H23N3O2/c1-14-12-17(23)18(20-22(14)16-10-4-3-5-11-16)19(24)21(2)13-15-8-6-7-9-15/h3-5,10-12,15H,6-9,13H2,1-2H3. The van der Waals surface area contributed by atoms with Crippen molar-refractivity contribution in [2.24, 2.45) is 5.92 Å². The van der Waals surface area contributed by atoms with E-state index >= 15 is 0 Å². The van der Waals surface area contributed by atoms with Gasteiger partial charge in [0.15, 0.2) is 5.69 Å². The lowest BCUT2D eigenvalue weighted by Crippen LogP contribution is -2.36. The molecule has 1 heterocycles. The molecule has 0 radical (unpaired) electrons. The first-order chi connectivity index (χ1) is 11.6. The second-order valence-electron chi connectivity index (χ2n) is 6.58. The third kappa shape index (κ3) is 3.40. The van der Waals surface area contributed by atoms with E-state index in [1.165, 1.54) is 18.9 Å². The molecule has 0 saturated heterocycles. The summed E-state index contributed by atoms with van der Waals surface area (Å²) in [6.07, 6.45) is 4.78. The maximum Gasteiger partial charge on any atom is 0.278 e. The molecule has 0 spiro atoms. The largest absolute Gasteiger partial charge is 0.340 e. The summed E-state index contributed by atoms with van der Waals surface area (Å²) in [7, 11) is 1.76. The zero-order valence-electron chi connectivity index (χ0n) is 14.2. The number of hydrogen-bond donors (Lipinski definition) is 0. The van der Waals surface area contributed by atoms with E-state index in [0.717, 1.165) is 18.5 Å². The molecule has 0 aliphatic heterocycles. The number of para-hydroxylation sites is 1. The molecule has 0 unspecified atom stereocenters. The van der Waals surface area contributed by atoms with E-state index in [0.29, 0.717) is 18.2 Å². The number of amides is 1. The third-order valence-electron chi connectivity index (χ3n) is 4.66. The molecule has 3 rings (SSSR count). The van der Waals surface area contributed by atoms with Gasteiger partial charge >= 0.3 is 0 Å². The van der Waals surface area contributed by atoms with Gasteiger partial charge in [0, 0.05) is 25.4 Å². The lowest BCUT2D eigenvalue weighted by atomic mass is 10.1. The lowest BCUT2D eigenvalue weighted by Gasteiger charge is -2.21. The molecule has 1 amide bonds. The first-order valence-corrected chi connectivity index (χ1v) is 8.48. The molecule has 1 aliphatic rings. The molecular formula is C19H23N3O2. The van der Waals surface area contributed by atoms with Gasteiger partial charge in [-0.3, -0.25) is 9.59 Å². The molecule has 1 saturated carbocycles. The zero-order chi connectivity index (χ0) is 17.1.